The predicted octanol–water partition coefficient (Wildman–Crippen LogP) is 2.08. The molecule has 0 radical (unpaired) electrons. The van der Waals surface area contributed by atoms with Crippen LogP contribution < -0.4 is 5.32 Å². The average Bonchev–Trinajstić information content (AvgIpc) is 3.22. The van der Waals surface area contributed by atoms with E-state index in [0.29, 0.717) is 6.54 Å². The fourth-order valence-electron chi connectivity index (χ4n) is 2.29. The van der Waals surface area contributed by atoms with Gasteiger partial charge in [-0.15, -0.1) is 0 Å². The molecule has 1 fully saturated rings. The van der Waals surface area contributed by atoms with Gasteiger partial charge in [0.15, 0.2) is 0 Å². The molecular formula is C16H19N3O2. The van der Waals surface area contributed by atoms with Crippen molar-refractivity contribution in [2.75, 3.05) is 19.4 Å². The zero-order valence-corrected chi connectivity index (χ0v) is 12.3. The summed E-state index contributed by atoms with van der Waals surface area (Å²) < 4.78 is 1.92. The van der Waals surface area contributed by atoms with E-state index in [1.807, 2.05) is 35.0 Å². The maximum absolute atomic E-state index is 11.8. The van der Waals surface area contributed by atoms with Gasteiger partial charge in [-0.25, -0.2) is 0 Å². The van der Waals surface area contributed by atoms with Crippen LogP contribution in [0.15, 0.2) is 30.5 Å². The molecule has 0 atom stereocenters. The van der Waals surface area contributed by atoms with Crippen LogP contribution in [-0.4, -0.2) is 35.4 Å². The lowest BCUT2D eigenvalue weighted by atomic mass is 10.2. The van der Waals surface area contributed by atoms with Crippen LogP contribution in [0.25, 0.3) is 10.9 Å². The van der Waals surface area contributed by atoms with Crippen molar-refractivity contribution in [3.8, 4) is 0 Å². The van der Waals surface area contributed by atoms with Gasteiger partial charge in [0.2, 0.25) is 11.8 Å². The zero-order valence-electron chi connectivity index (χ0n) is 12.3. The minimum absolute atomic E-state index is 0.0543. The third-order valence-electron chi connectivity index (χ3n) is 3.79. The summed E-state index contributed by atoms with van der Waals surface area (Å²) in [7, 11) is 3.50. The van der Waals surface area contributed by atoms with E-state index in [-0.39, 0.29) is 17.7 Å². The van der Waals surface area contributed by atoms with Crippen LogP contribution in [0, 0.1) is 5.92 Å². The number of nitrogens with zero attached hydrogens (tertiary/aromatic N) is 2. The van der Waals surface area contributed by atoms with Gasteiger partial charge in [-0.2, -0.15) is 0 Å². The van der Waals surface area contributed by atoms with Crippen molar-refractivity contribution < 1.29 is 9.59 Å². The van der Waals surface area contributed by atoms with Gasteiger partial charge in [-0.3, -0.25) is 9.59 Å². The van der Waals surface area contributed by atoms with E-state index in [9.17, 15) is 9.59 Å². The zero-order chi connectivity index (χ0) is 15.0. The van der Waals surface area contributed by atoms with Gasteiger partial charge in [0, 0.05) is 42.8 Å². The molecule has 110 valence electrons. The van der Waals surface area contributed by atoms with E-state index in [2.05, 4.69) is 5.32 Å². The van der Waals surface area contributed by atoms with Gasteiger partial charge >= 0.3 is 0 Å². The van der Waals surface area contributed by atoms with Crippen LogP contribution in [0.1, 0.15) is 12.8 Å². The Labute approximate surface area is 123 Å². The van der Waals surface area contributed by atoms with Crippen molar-refractivity contribution >= 4 is 28.4 Å². The van der Waals surface area contributed by atoms with Crippen LogP contribution in [0.3, 0.4) is 0 Å². The number of fused-ring (bicyclic) bond motifs is 1. The van der Waals surface area contributed by atoms with Crippen molar-refractivity contribution in [1.29, 1.82) is 0 Å². The highest BCUT2D eigenvalue weighted by molar-refractivity contribution is 5.96. The minimum atomic E-state index is 0.0543. The molecular weight excluding hydrogens is 266 g/mol. The number of rotatable bonds is 4. The third-order valence-corrected chi connectivity index (χ3v) is 3.79. The standard InChI is InChI=1S/C16H19N3O2/c1-18(2)15(20)10-19-8-7-12-9-13(5-6-14(12)19)17-16(21)11-3-4-11/h5-9,11H,3-4,10H2,1-2H3,(H,17,21). The Morgan fingerprint density at radius 2 is 2.05 bits per heavy atom. The number of aromatic nitrogens is 1. The highest BCUT2D eigenvalue weighted by Crippen LogP contribution is 2.30. The molecule has 1 saturated carbocycles. The summed E-state index contributed by atoms with van der Waals surface area (Å²) in [5.74, 6) is 0.359. The molecule has 0 unspecified atom stereocenters. The van der Waals surface area contributed by atoms with Gasteiger partial charge in [0.1, 0.15) is 6.54 Å². The molecule has 5 heteroatoms. The molecule has 2 amide bonds. The predicted molar refractivity (Wildman–Crippen MR) is 82.0 cm³/mol. The highest BCUT2D eigenvalue weighted by atomic mass is 16.2. The van der Waals surface area contributed by atoms with Crippen LogP contribution >= 0.6 is 0 Å². The summed E-state index contributed by atoms with van der Waals surface area (Å²) in [5.41, 5.74) is 1.81. The molecule has 0 saturated heterocycles. The Morgan fingerprint density at radius 1 is 1.29 bits per heavy atom. The van der Waals surface area contributed by atoms with Gasteiger partial charge in [-0.1, -0.05) is 0 Å². The quantitative estimate of drug-likeness (QED) is 0.935. The summed E-state index contributed by atoms with van der Waals surface area (Å²) >= 11 is 0. The van der Waals surface area contributed by atoms with Gasteiger partial charge in [0.25, 0.3) is 0 Å². The summed E-state index contributed by atoms with van der Waals surface area (Å²) in [5, 5.41) is 3.96. The molecule has 1 N–H and O–H groups in total. The van der Waals surface area contributed by atoms with Crippen molar-refractivity contribution in [1.82, 2.24) is 9.47 Å². The fourth-order valence-corrected chi connectivity index (χ4v) is 2.29. The summed E-state index contributed by atoms with van der Waals surface area (Å²) in [6, 6.07) is 7.75. The van der Waals surface area contributed by atoms with Crippen molar-refractivity contribution in [2.45, 2.75) is 19.4 Å². The number of benzene rings is 1. The molecule has 0 spiro atoms. The molecule has 21 heavy (non-hydrogen) atoms. The second-order valence-electron chi connectivity index (χ2n) is 5.77. The Balaban J connectivity index is 1.80. The number of carbonyl (C=O) groups is 2. The Kier molecular flexibility index (Phi) is 3.41. The van der Waals surface area contributed by atoms with Gasteiger partial charge < -0.3 is 14.8 Å². The molecule has 1 aliphatic rings. The molecule has 1 heterocycles. The highest BCUT2D eigenvalue weighted by Gasteiger charge is 2.29. The topological polar surface area (TPSA) is 54.3 Å². The minimum Gasteiger partial charge on any atom is -0.347 e. The van der Waals surface area contributed by atoms with Crippen LogP contribution in [0.4, 0.5) is 5.69 Å². The Morgan fingerprint density at radius 3 is 2.71 bits per heavy atom. The number of likely N-dealkylation sites (N-methyl/N-ethyl adjacent to an activating group) is 1. The van der Waals surface area contributed by atoms with Crippen LogP contribution in [0.5, 0.6) is 0 Å². The lowest BCUT2D eigenvalue weighted by Crippen LogP contribution is -2.25. The normalized spacial score (nSPS) is 14.2. The number of carbonyl (C=O) groups excluding carboxylic acids is 2. The number of hydrogen-bond acceptors (Lipinski definition) is 2. The van der Waals surface area contributed by atoms with E-state index in [4.69, 9.17) is 0 Å². The Bertz CT molecular complexity index is 699. The van der Waals surface area contributed by atoms with Crippen molar-refractivity contribution in [3.05, 3.63) is 30.5 Å². The van der Waals surface area contributed by atoms with E-state index < -0.39 is 0 Å². The monoisotopic (exact) mass is 285 g/mol. The molecule has 5 nitrogen and oxygen atoms in total. The number of nitrogens with one attached hydrogen (secondary N) is 1. The first-order valence-electron chi connectivity index (χ1n) is 7.14. The fraction of sp³-hybridized carbons (Fsp3) is 0.375. The second kappa shape index (κ2) is 5.24. The molecule has 3 rings (SSSR count). The van der Waals surface area contributed by atoms with Crippen molar-refractivity contribution in [2.24, 2.45) is 5.92 Å². The lowest BCUT2D eigenvalue weighted by molar-refractivity contribution is -0.129. The average molecular weight is 285 g/mol. The van der Waals surface area contributed by atoms with E-state index in [1.54, 1.807) is 19.0 Å². The van der Waals surface area contributed by atoms with Crippen LogP contribution in [-0.2, 0) is 16.1 Å². The van der Waals surface area contributed by atoms with Crippen LogP contribution in [0.2, 0.25) is 0 Å². The van der Waals surface area contributed by atoms with E-state index in [1.165, 1.54) is 0 Å². The largest absolute Gasteiger partial charge is 0.347 e. The number of amides is 2. The molecule has 1 aromatic carbocycles. The molecule has 1 aromatic heterocycles. The summed E-state index contributed by atoms with van der Waals surface area (Å²) in [4.78, 5) is 25.1. The first kappa shape index (κ1) is 13.7. The molecule has 2 aromatic rings. The second-order valence-corrected chi connectivity index (χ2v) is 5.77. The maximum atomic E-state index is 11.8. The Hall–Kier alpha value is -2.30. The summed E-state index contributed by atoms with van der Waals surface area (Å²) in [6.45, 7) is 0.324. The number of anilines is 1. The van der Waals surface area contributed by atoms with Gasteiger partial charge in [0.05, 0.1) is 0 Å². The summed E-state index contributed by atoms with van der Waals surface area (Å²) in [6.07, 6.45) is 3.90. The first-order chi connectivity index (χ1) is 10.0. The van der Waals surface area contributed by atoms with E-state index in [0.717, 1.165) is 29.4 Å². The molecule has 0 aliphatic heterocycles. The van der Waals surface area contributed by atoms with Gasteiger partial charge in [-0.05, 0) is 37.1 Å². The van der Waals surface area contributed by atoms with Crippen molar-refractivity contribution in [3.63, 3.8) is 0 Å². The smallest absolute Gasteiger partial charge is 0.241 e. The SMILES string of the molecule is CN(C)C(=O)Cn1ccc2cc(NC(=O)C3CC3)ccc21. The lowest BCUT2D eigenvalue weighted by Gasteiger charge is -2.12. The number of hydrogen-bond donors (Lipinski definition) is 1. The maximum Gasteiger partial charge on any atom is 0.241 e. The molecule has 0 bridgehead atoms. The third kappa shape index (κ3) is 2.91. The molecule has 1 aliphatic carbocycles. The first-order valence-corrected chi connectivity index (χ1v) is 7.14. The van der Waals surface area contributed by atoms with E-state index >= 15 is 0 Å².